The van der Waals surface area contributed by atoms with Crippen molar-refractivity contribution in [2.24, 2.45) is 5.73 Å². The lowest BCUT2D eigenvalue weighted by Crippen LogP contribution is -2.47. The SMILES string of the molecule is NC1CCN(C2CCN(CC3(O)CCCC3)C2)CC1. The first-order chi connectivity index (χ1) is 9.15. The molecular formula is C15H29N3O. The Morgan fingerprint density at radius 3 is 2.42 bits per heavy atom. The van der Waals surface area contributed by atoms with Crippen LogP contribution in [-0.4, -0.2) is 65.3 Å². The second kappa shape index (κ2) is 5.68. The molecule has 1 atom stereocenters. The minimum absolute atomic E-state index is 0.376. The van der Waals surface area contributed by atoms with Gasteiger partial charge in [0.15, 0.2) is 0 Å². The highest BCUT2D eigenvalue weighted by Gasteiger charge is 2.36. The van der Waals surface area contributed by atoms with Gasteiger partial charge in [0, 0.05) is 25.2 Å². The van der Waals surface area contributed by atoms with Crippen molar-refractivity contribution in [3.8, 4) is 0 Å². The lowest BCUT2D eigenvalue weighted by atomic mass is 10.0. The van der Waals surface area contributed by atoms with Crippen LogP contribution in [0, 0.1) is 0 Å². The van der Waals surface area contributed by atoms with Gasteiger partial charge in [-0.3, -0.25) is 9.80 Å². The molecule has 3 N–H and O–H groups in total. The number of likely N-dealkylation sites (tertiary alicyclic amines) is 2. The van der Waals surface area contributed by atoms with E-state index >= 15 is 0 Å². The first-order valence-electron chi connectivity index (χ1n) is 8.09. The van der Waals surface area contributed by atoms with Gasteiger partial charge in [-0.05, 0) is 51.7 Å². The highest BCUT2D eigenvalue weighted by molar-refractivity contribution is 4.92. The first-order valence-corrected chi connectivity index (χ1v) is 8.09. The minimum Gasteiger partial charge on any atom is -0.389 e. The molecule has 3 fully saturated rings. The van der Waals surface area contributed by atoms with Crippen molar-refractivity contribution in [2.45, 2.75) is 62.6 Å². The Hall–Kier alpha value is -0.160. The van der Waals surface area contributed by atoms with Crippen molar-refractivity contribution in [3.63, 3.8) is 0 Å². The maximum atomic E-state index is 10.5. The van der Waals surface area contributed by atoms with E-state index in [1.807, 2.05) is 0 Å². The number of hydrogen-bond acceptors (Lipinski definition) is 4. The smallest absolute Gasteiger partial charge is 0.0774 e. The zero-order chi connectivity index (χ0) is 13.3. The third-order valence-corrected chi connectivity index (χ3v) is 5.39. The fourth-order valence-corrected chi connectivity index (χ4v) is 4.15. The van der Waals surface area contributed by atoms with E-state index in [2.05, 4.69) is 9.80 Å². The van der Waals surface area contributed by atoms with Crippen molar-refractivity contribution in [3.05, 3.63) is 0 Å². The summed E-state index contributed by atoms with van der Waals surface area (Å²) >= 11 is 0. The number of nitrogens with two attached hydrogens (primary N) is 1. The lowest BCUT2D eigenvalue weighted by molar-refractivity contribution is 0.0134. The molecule has 2 aliphatic heterocycles. The number of hydrogen-bond donors (Lipinski definition) is 2. The molecule has 0 amide bonds. The number of rotatable bonds is 3. The van der Waals surface area contributed by atoms with E-state index < -0.39 is 0 Å². The topological polar surface area (TPSA) is 52.7 Å². The van der Waals surface area contributed by atoms with Gasteiger partial charge in [-0.1, -0.05) is 12.8 Å². The standard InChI is InChI=1S/C15H29N3O/c16-13-3-9-18(10-4-13)14-5-8-17(11-14)12-15(19)6-1-2-7-15/h13-14,19H,1-12,16H2. The quantitative estimate of drug-likeness (QED) is 0.794. The summed E-state index contributed by atoms with van der Waals surface area (Å²) in [4.78, 5) is 5.12. The van der Waals surface area contributed by atoms with Gasteiger partial charge >= 0.3 is 0 Å². The minimum atomic E-state index is -0.376. The fraction of sp³-hybridized carbons (Fsp3) is 1.00. The van der Waals surface area contributed by atoms with Crippen molar-refractivity contribution >= 4 is 0 Å². The summed E-state index contributed by atoms with van der Waals surface area (Å²) in [6.45, 7) is 5.55. The van der Waals surface area contributed by atoms with E-state index in [1.54, 1.807) is 0 Å². The van der Waals surface area contributed by atoms with Crippen LogP contribution in [0.25, 0.3) is 0 Å². The van der Waals surface area contributed by atoms with E-state index in [-0.39, 0.29) is 5.60 Å². The molecule has 2 heterocycles. The first kappa shape index (κ1) is 13.8. The molecule has 110 valence electrons. The van der Waals surface area contributed by atoms with Crippen molar-refractivity contribution in [1.29, 1.82) is 0 Å². The van der Waals surface area contributed by atoms with E-state index in [1.165, 1.54) is 32.4 Å². The Bertz CT molecular complexity index is 296. The van der Waals surface area contributed by atoms with Gasteiger partial charge in [0.05, 0.1) is 5.60 Å². The number of β-amino-alcohol motifs (C(OH)–C–C–N with tert-alkyl or cyclic N) is 1. The normalized spacial score (nSPS) is 34.1. The van der Waals surface area contributed by atoms with Crippen LogP contribution < -0.4 is 5.73 Å². The van der Waals surface area contributed by atoms with Gasteiger partial charge in [-0.2, -0.15) is 0 Å². The van der Waals surface area contributed by atoms with Crippen LogP contribution in [0.1, 0.15) is 44.9 Å². The van der Waals surface area contributed by atoms with Gasteiger partial charge in [0.25, 0.3) is 0 Å². The molecule has 19 heavy (non-hydrogen) atoms. The van der Waals surface area contributed by atoms with Gasteiger partial charge in [-0.25, -0.2) is 0 Å². The third-order valence-electron chi connectivity index (χ3n) is 5.39. The molecule has 3 rings (SSSR count). The van der Waals surface area contributed by atoms with Crippen LogP contribution in [0.15, 0.2) is 0 Å². The summed E-state index contributed by atoms with van der Waals surface area (Å²) in [6.07, 6.45) is 8.00. The predicted molar refractivity (Wildman–Crippen MR) is 77.0 cm³/mol. The largest absolute Gasteiger partial charge is 0.389 e. The van der Waals surface area contributed by atoms with Gasteiger partial charge in [0.1, 0.15) is 0 Å². The van der Waals surface area contributed by atoms with Crippen LogP contribution in [0.2, 0.25) is 0 Å². The maximum Gasteiger partial charge on any atom is 0.0774 e. The second-order valence-electron chi connectivity index (χ2n) is 6.98. The molecule has 1 aliphatic carbocycles. The van der Waals surface area contributed by atoms with Gasteiger partial charge in [0.2, 0.25) is 0 Å². The highest BCUT2D eigenvalue weighted by atomic mass is 16.3. The van der Waals surface area contributed by atoms with Crippen molar-refractivity contribution < 1.29 is 5.11 Å². The molecule has 0 bridgehead atoms. The maximum absolute atomic E-state index is 10.5. The van der Waals surface area contributed by atoms with Crippen LogP contribution in [0.5, 0.6) is 0 Å². The number of piperidine rings is 1. The molecule has 0 spiro atoms. The summed E-state index contributed by atoms with van der Waals surface area (Å²) in [6, 6.07) is 1.13. The predicted octanol–water partition coefficient (Wildman–Crippen LogP) is 0.789. The summed E-state index contributed by atoms with van der Waals surface area (Å²) in [5.74, 6) is 0. The van der Waals surface area contributed by atoms with Gasteiger partial charge < -0.3 is 10.8 Å². The summed E-state index contributed by atoms with van der Waals surface area (Å²) < 4.78 is 0. The van der Waals surface area contributed by atoms with Gasteiger partial charge in [-0.15, -0.1) is 0 Å². The molecule has 3 aliphatic rings. The average Bonchev–Trinajstić information content (AvgIpc) is 3.00. The summed E-state index contributed by atoms with van der Waals surface area (Å²) in [5, 5.41) is 10.5. The van der Waals surface area contributed by atoms with Crippen LogP contribution >= 0.6 is 0 Å². The Labute approximate surface area is 116 Å². The molecule has 0 aromatic carbocycles. The molecule has 2 saturated heterocycles. The Morgan fingerprint density at radius 1 is 1.05 bits per heavy atom. The van der Waals surface area contributed by atoms with E-state index in [9.17, 15) is 5.11 Å². The monoisotopic (exact) mass is 267 g/mol. The van der Waals surface area contributed by atoms with Crippen LogP contribution in [0.3, 0.4) is 0 Å². The van der Waals surface area contributed by atoms with Crippen molar-refractivity contribution in [2.75, 3.05) is 32.7 Å². The number of aliphatic hydroxyl groups is 1. The van der Waals surface area contributed by atoms with Crippen LogP contribution in [0.4, 0.5) is 0 Å². The van der Waals surface area contributed by atoms with E-state index in [0.29, 0.717) is 12.1 Å². The highest BCUT2D eigenvalue weighted by Crippen LogP contribution is 2.31. The molecule has 4 heteroatoms. The molecule has 1 unspecified atom stereocenters. The Balaban J connectivity index is 1.47. The number of nitrogens with zero attached hydrogens (tertiary/aromatic N) is 2. The lowest BCUT2D eigenvalue weighted by Gasteiger charge is -2.35. The molecular weight excluding hydrogens is 238 g/mol. The van der Waals surface area contributed by atoms with Crippen molar-refractivity contribution in [1.82, 2.24) is 9.80 Å². The zero-order valence-corrected chi connectivity index (χ0v) is 12.1. The molecule has 0 aromatic rings. The zero-order valence-electron chi connectivity index (χ0n) is 12.1. The fourth-order valence-electron chi connectivity index (χ4n) is 4.15. The molecule has 4 nitrogen and oxygen atoms in total. The van der Waals surface area contributed by atoms with Crippen LogP contribution in [-0.2, 0) is 0 Å². The Morgan fingerprint density at radius 2 is 1.74 bits per heavy atom. The third kappa shape index (κ3) is 3.30. The van der Waals surface area contributed by atoms with E-state index in [4.69, 9.17) is 5.73 Å². The van der Waals surface area contributed by atoms with E-state index in [0.717, 1.165) is 45.3 Å². The summed E-state index contributed by atoms with van der Waals surface area (Å²) in [7, 11) is 0. The average molecular weight is 267 g/mol. The molecule has 0 aromatic heterocycles. The molecule has 1 saturated carbocycles. The Kier molecular flexibility index (Phi) is 4.13. The summed E-state index contributed by atoms with van der Waals surface area (Å²) in [5.41, 5.74) is 5.60. The second-order valence-corrected chi connectivity index (χ2v) is 6.98. The molecule has 0 radical (unpaired) electrons.